The molecule has 2 atom stereocenters. The van der Waals surface area contributed by atoms with Crippen LogP contribution in [0, 0.1) is 5.82 Å². The van der Waals surface area contributed by atoms with E-state index < -0.39 is 17.8 Å². The molecule has 0 aliphatic carbocycles. The zero-order valence-corrected chi connectivity index (χ0v) is 23.7. The number of carbonyl (C=O) groups excluding carboxylic acids is 3. The van der Waals surface area contributed by atoms with Crippen LogP contribution in [0.5, 0.6) is 0 Å². The fraction of sp³-hybridized carbons (Fsp3) is 0.560. The fourth-order valence-corrected chi connectivity index (χ4v) is 4.75. The standard InChI is InChI=1S/C25H34FN3O5S.2ClH/c1-3-34-23(31)10-13-28-15-14-27(17-22(28)30)11-8-18-16-29(12-9-21(18)35)24(25(32)33-2)19-6-4-5-7-20(19)26;;/h4-8,21,24,35H,3,9-17H2,1-2H3;2*1H/b18-8+;;. The fourth-order valence-electron chi connectivity index (χ4n) is 4.45. The van der Waals surface area contributed by atoms with Crippen LogP contribution in [0.2, 0.25) is 0 Å². The van der Waals surface area contributed by atoms with Crippen molar-refractivity contribution in [2.24, 2.45) is 0 Å². The third-order valence-corrected chi connectivity index (χ3v) is 6.98. The quantitative estimate of drug-likeness (QED) is 0.274. The summed E-state index contributed by atoms with van der Waals surface area (Å²) in [6, 6.07) is 5.42. The summed E-state index contributed by atoms with van der Waals surface area (Å²) >= 11 is 4.72. The molecule has 1 aromatic carbocycles. The molecular weight excluding hydrogens is 544 g/mol. The number of piperidine rings is 1. The van der Waals surface area contributed by atoms with E-state index in [4.69, 9.17) is 22.1 Å². The molecule has 2 aliphatic heterocycles. The van der Waals surface area contributed by atoms with Gasteiger partial charge in [0, 0.05) is 50.1 Å². The van der Waals surface area contributed by atoms with Gasteiger partial charge in [0.25, 0.3) is 0 Å². The average Bonchev–Trinajstić information content (AvgIpc) is 2.85. The number of halogens is 3. The number of piperazine rings is 1. The van der Waals surface area contributed by atoms with Crippen LogP contribution in [0.4, 0.5) is 4.39 Å². The van der Waals surface area contributed by atoms with Gasteiger partial charge in [0.1, 0.15) is 11.9 Å². The summed E-state index contributed by atoms with van der Waals surface area (Å²) in [4.78, 5) is 42.4. The number of rotatable bonds is 9. The predicted octanol–water partition coefficient (Wildman–Crippen LogP) is 2.91. The van der Waals surface area contributed by atoms with Gasteiger partial charge in [0.15, 0.2) is 0 Å². The maximum absolute atomic E-state index is 14.5. The minimum Gasteiger partial charge on any atom is -0.468 e. The van der Waals surface area contributed by atoms with Crippen molar-refractivity contribution >= 4 is 55.3 Å². The van der Waals surface area contributed by atoms with Crippen LogP contribution in [-0.2, 0) is 23.9 Å². The Kier molecular flexibility index (Phi) is 14.5. The molecule has 0 aromatic heterocycles. The molecule has 0 N–H and O–H groups in total. The molecule has 2 aliphatic rings. The predicted molar refractivity (Wildman–Crippen MR) is 147 cm³/mol. The Balaban J connectivity index is 0.00000342. The summed E-state index contributed by atoms with van der Waals surface area (Å²) in [7, 11) is 1.31. The van der Waals surface area contributed by atoms with Crippen LogP contribution in [0.3, 0.4) is 0 Å². The first-order chi connectivity index (χ1) is 16.8. The van der Waals surface area contributed by atoms with Gasteiger partial charge in [-0.05, 0) is 25.0 Å². The summed E-state index contributed by atoms with van der Waals surface area (Å²) in [6.07, 6.45) is 2.96. The number of hydrogen-bond acceptors (Lipinski definition) is 8. The summed E-state index contributed by atoms with van der Waals surface area (Å²) in [6.45, 7) is 5.58. The number of amides is 1. The second-order valence-electron chi connectivity index (χ2n) is 8.67. The highest BCUT2D eigenvalue weighted by Crippen LogP contribution is 2.31. The van der Waals surface area contributed by atoms with Gasteiger partial charge in [-0.25, -0.2) is 9.18 Å². The number of ether oxygens (including phenoxy) is 2. The minimum absolute atomic E-state index is 0. The van der Waals surface area contributed by atoms with E-state index in [0.717, 1.165) is 5.57 Å². The van der Waals surface area contributed by atoms with E-state index in [0.29, 0.717) is 57.9 Å². The van der Waals surface area contributed by atoms with E-state index in [1.54, 1.807) is 30.0 Å². The first kappa shape index (κ1) is 33.2. The Morgan fingerprint density at radius 1 is 1.19 bits per heavy atom. The lowest BCUT2D eigenvalue weighted by Crippen LogP contribution is -2.50. The molecule has 8 nitrogen and oxygen atoms in total. The Morgan fingerprint density at radius 3 is 2.57 bits per heavy atom. The second kappa shape index (κ2) is 16.2. The first-order valence-corrected chi connectivity index (χ1v) is 12.4. The smallest absolute Gasteiger partial charge is 0.327 e. The molecule has 37 heavy (non-hydrogen) atoms. The summed E-state index contributed by atoms with van der Waals surface area (Å²) in [5, 5.41) is 0.0201. The van der Waals surface area contributed by atoms with Gasteiger partial charge < -0.3 is 14.4 Å². The summed E-state index contributed by atoms with van der Waals surface area (Å²) < 4.78 is 24.5. The van der Waals surface area contributed by atoms with Gasteiger partial charge in [-0.3, -0.25) is 19.4 Å². The highest BCUT2D eigenvalue weighted by atomic mass is 35.5. The Labute approximate surface area is 235 Å². The lowest BCUT2D eigenvalue weighted by molar-refractivity contribution is -0.148. The Morgan fingerprint density at radius 2 is 1.92 bits per heavy atom. The average molecular weight is 581 g/mol. The molecule has 0 spiro atoms. The maximum Gasteiger partial charge on any atom is 0.327 e. The van der Waals surface area contributed by atoms with Gasteiger partial charge in [0.05, 0.1) is 26.7 Å². The van der Waals surface area contributed by atoms with E-state index in [1.165, 1.54) is 13.2 Å². The number of hydrogen-bond donors (Lipinski definition) is 1. The second-order valence-corrected chi connectivity index (χ2v) is 9.30. The van der Waals surface area contributed by atoms with Crippen LogP contribution >= 0.6 is 37.4 Å². The molecule has 2 heterocycles. The molecule has 3 rings (SSSR count). The topological polar surface area (TPSA) is 79.4 Å². The van der Waals surface area contributed by atoms with Crippen molar-refractivity contribution in [3.63, 3.8) is 0 Å². The number of carbonyl (C=O) groups is 3. The van der Waals surface area contributed by atoms with Crippen molar-refractivity contribution in [3.8, 4) is 0 Å². The number of benzene rings is 1. The molecule has 1 aromatic rings. The Hall–Kier alpha value is -1.85. The van der Waals surface area contributed by atoms with Crippen molar-refractivity contribution < 1.29 is 28.2 Å². The number of thiol groups is 1. The molecule has 208 valence electrons. The molecule has 2 unspecified atom stereocenters. The van der Waals surface area contributed by atoms with Crippen molar-refractivity contribution in [3.05, 3.63) is 47.3 Å². The van der Waals surface area contributed by atoms with E-state index >= 15 is 0 Å². The van der Waals surface area contributed by atoms with Crippen molar-refractivity contribution in [1.82, 2.24) is 14.7 Å². The zero-order valence-electron chi connectivity index (χ0n) is 21.1. The Bertz CT molecular complexity index is 955. The van der Waals surface area contributed by atoms with Gasteiger partial charge in [-0.2, -0.15) is 12.6 Å². The van der Waals surface area contributed by atoms with E-state index in [-0.39, 0.29) is 54.9 Å². The summed E-state index contributed by atoms with van der Waals surface area (Å²) in [5.74, 6) is -1.26. The molecule has 0 radical (unpaired) electrons. The molecule has 0 saturated carbocycles. The van der Waals surface area contributed by atoms with Crippen LogP contribution in [0.15, 0.2) is 35.9 Å². The number of methoxy groups -OCH3 is 1. The van der Waals surface area contributed by atoms with Gasteiger partial charge >= 0.3 is 11.9 Å². The molecule has 12 heteroatoms. The number of esters is 2. The number of likely N-dealkylation sites (tertiary alicyclic amines) is 1. The molecular formula is C25H36Cl2FN3O5S. The molecule has 1 amide bonds. The third-order valence-electron chi connectivity index (χ3n) is 6.39. The highest BCUT2D eigenvalue weighted by molar-refractivity contribution is 7.81. The van der Waals surface area contributed by atoms with Gasteiger partial charge in [0.2, 0.25) is 5.91 Å². The van der Waals surface area contributed by atoms with Crippen LogP contribution < -0.4 is 0 Å². The summed E-state index contributed by atoms with van der Waals surface area (Å²) in [5.41, 5.74) is 1.32. The van der Waals surface area contributed by atoms with Crippen LogP contribution in [-0.4, -0.2) is 97.3 Å². The lowest BCUT2D eigenvalue weighted by Gasteiger charge is -2.37. The van der Waals surface area contributed by atoms with Crippen molar-refractivity contribution in [1.29, 1.82) is 0 Å². The van der Waals surface area contributed by atoms with Gasteiger partial charge in [-0.1, -0.05) is 24.3 Å². The van der Waals surface area contributed by atoms with E-state index in [9.17, 15) is 18.8 Å². The number of nitrogens with zero attached hydrogens (tertiary/aromatic N) is 3. The first-order valence-electron chi connectivity index (χ1n) is 11.9. The maximum atomic E-state index is 14.5. The highest BCUT2D eigenvalue weighted by Gasteiger charge is 2.34. The van der Waals surface area contributed by atoms with E-state index in [1.807, 2.05) is 9.80 Å². The van der Waals surface area contributed by atoms with Crippen molar-refractivity contribution in [2.75, 3.05) is 59.5 Å². The molecule has 0 bridgehead atoms. The normalized spacial score (nSPS) is 20.5. The lowest BCUT2D eigenvalue weighted by atomic mass is 9.97. The monoisotopic (exact) mass is 579 g/mol. The van der Waals surface area contributed by atoms with Gasteiger partial charge in [-0.15, -0.1) is 24.8 Å². The zero-order chi connectivity index (χ0) is 25.4. The van der Waals surface area contributed by atoms with Crippen LogP contribution in [0.1, 0.15) is 31.4 Å². The third kappa shape index (κ3) is 9.14. The van der Waals surface area contributed by atoms with Crippen LogP contribution in [0.25, 0.3) is 0 Å². The minimum atomic E-state index is -0.838. The van der Waals surface area contributed by atoms with Crippen molar-refractivity contribution in [2.45, 2.75) is 31.1 Å². The largest absolute Gasteiger partial charge is 0.468 e. The van der Waals surface area contributed by atoms with E-state index in [2.05, 4.69) is 6.08 Å². The molecule has 2 fully saturated rings. The SMILES string of the molecule is CCOC(=O)CCN1CCN(C/C=C2\CN(C(C(=O)OC)c3ccccc3F)CCC2S)CC1=O.Cl.Cl. The molecule has 2 saturated heterocycles.